The van der Waals surface area contributed by atoms with E-state index < -0.39 is 11.9 Å². The van der Waals surface area contributed by atoms with Gasteiger partial charge in [0.1, 0.15) is 17.9 Å². The molecule has 0 amide bonds. The molecule has 0 bridgehead atoms. The Bertz CT molecular complexity index is 783. The van der Waals surface area contributed by atoms with Crippen LogP contribution in [-0.4, -0.2) is 15.1 Å². The monoisotopic (exact) mass is 299 g/mol. The largest absolute Gasteiger partial charge is 0.438 e. The van der Waals surface area contributed by atoms with Crippen molar-refractivity contribution < 1.29 is 14.2 Å². The number of rotatable bonds is 2. The lowest BCUT2D eigenvalue weighted by atomic mass is 9.87. The minimum Gasteiger partial charge on any atom is -0.438 e. The molecular weight excluding hydrogens is 285 g/mol. The Labute approximate surface area is 127 Å². The van der Waals surface area contributed by atoms with Gasteiger partial charge in [-0.1, -0.05) is 13.8 Å². The second kappa shape index (κ2) is 5.04. The Kier molecular flexibility index (Phi) is 3.30. The number of halogens is 1. The topological polar surface area (TPSA) is 79.0 Å². The third-order valence-corrected chi connectivity index (χ3v) is 3.75. The van der Waals surface area contributed by atoms with E-state index in [2.05, 4.69) is 9.97 Å². The Morgan fingerprint density at radius 3 is 2.86 bits per heavy atom. The average Bonchev–Trinajstić information content (AvgIpc) is 2.69. The van der Waals surface area contributed by atoms with Crippen molar-refractivity contribution in [1.29, 1.82) is 5.26 Å². The first kappa shape index (κ1) is 14.4. The maximum Gasteiger partial charge on any atom is 0.226 e. The van der Waals surface area contributed by atoms with Gasteiger partial charge in [0, 0.05) is 11.6 Å². The van der Waals surface area contributed by atoms with Crippen molar-refractivity contribution in [3.63, 3.8) is 0 Å². The molecule has 1 aliphatic rings. The number of hydrogen-bond acceptors (Lipinski definition) is 5. The van der Waals surface area contributed by atoms with Gasteiger partial charge in [-0.15, -0.1) is 0 Å². The number of aromatic nitrogens is 2. The Balaban J connectivity index is 2.05. The summed E-state index contributed by atoms with van der Waals surface area (Å²) in [6.45, 7) is 3.93. The Morgan fingerprint density at radius 1 is 1.36 bits per heavy atom. The maximum absolute atomic E-state index is 13.5. The second-order valence-corrected chi connectivity index (χ2v) is 5.93. The molecule has 22 heavy (non-hydrogen) atoms. The van der Waals surface area contributed by atoms with E-state index in [0.29, 0.717) is 17.7 Å². The second-order valence-electron chi connectivity index (χ2n) is 5.93. The molecule has 0 fully saturated rings. The van der Waals surface area contributed by atoms with Crippen LogP contribution in [0.25, 0.3) is 0 Å². The van der Waals surface area contributed by atoms with E-state index in [1.165, 1.54) is 18.5 Å². The van der Waals surface area contributed by atoms with Crippen molar-refractivity contribution >= 4 is 0 Å². The van der Waals surface area contributed by atoms with Crippen LogP contribution in [0.5, 0.6) is 11.6 Å². The van der Waals surface area contributed by atoms with Crippen LogP contribution in [0, 0.1) is 17.1 Å². The highest BCUT2D eigenvalue weighted by atomic mass is 19.1. The zero-order valence-electron chi connectivity index (χ0n) is 12.2. The Morgan fingerprint density at radius 2 is 2.14 bits per heavy atom. The molecule has 0 spiro atoms. The first-order valence-electron chi connectivity index (χ1n) is 6.83. The van der Waals surface area contributed by atoms with Crippen LogP contribution in [-0.2, 0) is 5.41 Å². The van der Waals surface area contributed by atoms with Crippen LogP contribution < -0.4 is 4.74 Å². The summed E-state index contributed by atoms with van der Waals surface area (Å²) < 4.78 is 19.2. The molecule has 1 aliphatic carbocycles. The number of fused-ring (bicyclic) bond motifs is 1. The van der Waals surface area contributed by atoms with E-state index in [-0.39, 0.29) is 22.6 Å². The third-order valence-electron chi connectivity index (χ3n) is 3.75. The van der Waals surface area contributed by atoms with Crippen LogP contribution in [0.15, 0.2) is 24.5 Å². The van der Waals surface area contributed by atoms with Crippen molar-refractivity contribution in [3.8, 4) is 17.7 Å². The number of aliphatic hydroxyl groups excluding tert-OH is 1. The molecular formula is C16H14FN3O2. The average molecular weight is 299 g/mol. The van der Waals surface area contributed by atoms with Gasteiger partial charge in [-0.25, -0.2) is 14.4 Å². The minimum atomic E-state index is -0.669. The zero-order valence-corrected chi connectivity index (χ0v) is 12.2. The number of benzene rings is 1. The lowest BCUT2D eigenvalue weighted by molar-refractivity contribution is 0.158. The van der Waals surface area contributed by atoms with E-state index >= 15 is 0 Å². The van der Waals surface area contributed by atoms with E-state index in [4.69, 9.17) is 10.00 Å². The van der Waals surface area contributed by atoms with Crippen LogP contribution in [0.1, 0.15) is 43.2 Å². The van der Waals surface area contributed by atoms with Gasteiger partial charge in [-0.05, 0) is 24.0 Å². The molecule has 112 valence electrons. The lowest BCUT2D eigenvalue weighted by Crippen LogP contribution is -2.14. The van der Waals surface area contributed by atoms with Crippen molar-refractivity contribution in [2.24, 2.45) is 0 Å². The van der Waals surface area contributed by atoms with Gasteiger partial charge in [0.2, 0.25) is 5.88 Å². The number of ether oxygens (including phenoxy) is 1. The standard InChI is InChI=1S/C16H14FN3O2/c1-16(2)6-12(21)14-13(16)15(20-8-19-14)22-11-4-9(7-18)3-10(17)5-11/h3-5,8,12,21H,6H2,1-2H3. The van der Waals surface area contributed by atoms with Crippen LogP contribution in [0.4, 0.5) is 4.39 Å². The van der Waals surface area contributed by atoms with Crippen molar-refractivity contribution in [2.75, 3.05) is 0 Å². The number of nitriles is 1. The van der Waals surface area contributed by atoms with Gasteiger partial charge >= 0.3 is 0 Å². The van der Waals surface area contributed by atoms with Crippen molar-refractivity contribution in [1.82, 2.24) is 9.97 Å². The van der Waals surface area contributed by atoms with Gasteiger partial charge in [-0.3, -0.25) is 0 Å². The molecule has 1 aromatic carbocycles. The minimum absolute atomic E-state index is 0.167. The maximum atomic E-state index is 13.5. The van der Waals surface area contributed by atoms with E-state index in [9.17, 15) is 9.50 Å². The first-order valence-corrected chi connectivity index (χ1v) is 6.83. The van der Waals surface area contributed by atoms with Gasteiger partial charge in [0.15, 0.2) is 0 Å². The SMILES string of the molecule is CC1(C)CC(O)c2ncnc(Oc3cc(F)cc(C#N)c3)c21. The van der Waals surface area contributed by atoms with E-state index in [1.807, 2.05) is 19.9 Å². The highest BCUT2D eigenvalue weighted by Gasteiger charge is 2.40. The van der Waals surface area contributed by atoms with Gasteiger partial charge in [0.05, 0.1) is 23.4 Å². The van der Waals surface area contributed by atoms with E-state index in [0.717, 1.165) is 6.07 Å². The smallest absolute Gasteiger partial charge is 0.226 e. The molecule has 1 aromatic heterocycles. The van der Waals surface area contributed by atoms with Crippen molar-refractivity contribution in [2.45, 2.75) is 31.8 Å². The van der Waals surface area contributed by atoms with Gasteiger partial charge in [-0.2, -0.15) is 5.26 Å². The summed E-state index contributed by atoms with van der Waals surface area (Å²) in [5.41, 5.74) is 1.06. The van der Waals surface area contributed by atoms with Crippen LogP contribution in [0.3, 0.4) is 0 Å². The quantitative estimate of drug-likeness (QED) is 0.922. The Hall–Kier alpha value is -2.52. The third kappa shape index (κ3) is 2.40. The summed E-state index contributed by atoms with van der Waals surface area (Å²) in [7, 11) is 0. The van der Waals surface area contributed by atoms with Crippen LogP contribution >= 0.6 is 0 Å². The normalized spacial score (nSPS) is 18.6. The molecule has 0 saturated carbocycles. The molecule has 0 aliphatic heterocycles. The summed E-state index contributed by atoms with van der Waals surface area (Å²) in [5.74, 6) is -0.0882. The number of hydrogen-bond donors (Lipinski definition) is 1. The van der Waals surface area contributed by atoms with Crippen molar-refractivity contribution in [3.05, 3.63) is 47.2 Å². The fraction of sp³-hybridized carbons (Fsp3) is 0.312. The fourth-order valence-corrected chi connectivity index (χ4v) is 2.83. The molecule has 0 saturated heterocycles. The summed E-state index contributed by atoms with van der Waals surface area (Å²) in [4.78, 5) is 8.23. The summed E-state index contributed by atoms with van der Waals surface area (Å²) in [5, 5.41) is 19.0. The lowest BCUT2D eigenvalue weighted by Gasteiger charge is -2.20. The van der Waals surface area contributed by atoms with Gasteiger partial charge < -0.3 is 9.84 Å². The molecule has 0 radical (unpaired) electrons. The molecule has 1 heterocycles. The van der Waals surface area contributed by atoms with Gasteiger partial charge in [0.25, 0.3) is 0 Å². The van der Waals surface area contributed by atoms with E-state index in [1.54, 1.807) is 0 Å². The van der Waals surface area contributed by atoms with Crippen LogP contribution in [0.2, 0.25) is 0 Å². The molecule has 2 aromatic rings. The fourth-order valence-electron chi connectivity index (χ4n) is 2.83. The molecule has 6 heteroatoms. The number of nitrogens with zero attached hydrogens (tertiary/aromatic N) is 3. The number of aliphatic hydroxyl groups is 1. The summed E-state index contributed by atoms with van der Waals surface area (Å²) >= 11 is 0. The summed E-state index contributed by atoms with van der Waals surface area (Å²) in [6, 6.07) is 5.64. The first-order chi connectivity index (χ1) is 10.4. The molecule has 5 nitrogen and oxygen atoms in total. The summed E-state index contributed by atoms with van der Waals surface area (Å²) in [6.07, 6.45) is 1.16. The highest BCUT2D eigenvalue weighted by Crippen LogP contribution is 2.47. The zero-order chi connectivity index (χ0) is 15.9. The molecule has 1 atom stereocenters. The molecule has 3 rings (SSSR count). The highest BCUT2D eigenvalue weighted by molar-refractivity contribution is 5.45. The predicted molar refractivity (Wildman–Crippen MR) is 75.8 cm³/mol. The molecule has 1 unspecified atom stereocenters. The molecule has 1 N–H and O–H groups in total. The predicted octanol–water partition coefficient (Wildman–Crippen LogP) is 2.99.